The topological polar surface area (TPSA) is 86.3 Å². The van der Waals surface area contributed by atoms with Crippen molar-refractivity contribution in [1.29, 1.82) is 0 Å². The lowest BCUT2D eigenvalue weighted by Crippen LogP contribution is -2.29. The van der Waals surface area contributed by atoms with E-state index in [1.54, 1.807) is 18.2 Å². The highest BCUT2D eigenvalue weighted by Crippen LogP contribution is 2.33. The van der Waals surface area contributed by atoms with Crippen molar-refractivity contribution >= 4 is 11.4 Å². The summed E-state index contributed by atoms with van der Waals surface area (Å²) < 4.78 is 12.1. The molecule has 0 amide bonds. The predicted octanol–water partition coefficient (Wildman–Crippen LogP) is 4.68. The van der Waals surface area contributed by atoms with Crippen LogP contribution >= 0.6 is 0 Å². The summed E-state index contributed by atoms with van der Waals surface area (Å²) in [5.74, 6) is 2.04. The lowest BCUT2D eigenvalue weighted by Gasteiger charge is -2.29. The van der Waals surface area contributed by atoms with Gasteiger partial charge in [0.2, 0.25) is 0 Å². The SMILES string of the molecule is CCC(C)(Oc1cccc(Oc2ccc(N)c(N)c2)c1)c1ccc[nH]1. The van der Waals surface area contributed by atoms with Gasteiger partial charge in [0.25, 0.3) is 0 Å². The molecule has 5 nitrogen and oxygen atoms in total. The lowest BCUT2D eigenvalue weighted by molar-refractivity contribution is 0.0782. The van der Waals surface area contributed by atoms with E-state index in [0.717, 1.165) is 17.9 Å². The van der Waals surface area contributed by atoms with Crippen molar-refractivity contribution in [2.24, 2.45) is 0 Å². The Morgan fingerprint density at radius 2 is 1.68 bits per heavy atom. The molecule has 25 heavy (non-hydrogen) atoms. The van der Waals surface area contributed by atoms with Crippen LogP contribution in [0.1, 0.15) is 26.0 Å². The zero-order valence-corrected chi connectivity index (χ0v) is 14.5. The molecule has 3 rings (SSSR count). The molecule has 0 saturated carbocycles. The highest BCUT2D eigenvalue weighted by Gasteiger charge is 2.27. The van der Waals surface area contributed by atoms with Gasteiger partial charge in [-0.05, 0) is 49.7 Å². The predicted molar refractivity (Wildman–Crippen MR) is 101 cm³/mol. The van der Waals surface area contributed by atoms with E-state index < -0.39 is 5.60 Å². The van der Waals surface area contributed by atoms with E-state index >= 15 is 0 Å². The molecule has 5 N–H and O–H groups in total. The van der Waals surface area contributed by atoms with E-state index in [-0.39, 0.29) is 0 Å². The van der Waals surface area contributed by atoms with E-state index in [9.17, 15) is 0 Å². The Kier molecular flexibility index (Phi) is 4.57. The first-order valence-corrected chi connectivity index (χ1v) is 8.26. The summed E-state index contributed by atoms with van der Waals surface area (Å²) >= 11 is 0. The maximum Gasteiger partial charge on any atom is 0.145 e. The van der Waals surface area contributed by atoms with Crippen LogP contribution in [0.5, 0.6) is 17.2 Å². The number of nitrogen functional groups attached to an aromatic ring is 2. The summed E-state index contributed by atoms with van der Waals surface area (Å²) in [6.07, 6.45) is 2.73. The molecule has 0 aliphatic heterocycles. The Hall–Kier alpha value is -3.08. The standard InChI is InChI=1S/C20H23N3O2/c1-3-20(2,19-8-5-11-23-19)25-16-7-4-6-14(12-16)24-15-9-10-17(21)18(22)13-15/h4-13,23H,3,21-22H2,1-2H3. The molecule has 5 heteroatoms. The second-order valence-electron chi connectivity index (χ2n) is 6.14. The molecule has 3 aromatic rings. The number of anilines is 2. The van der Waals surface area contributed by atoms with Crippen LogP contribution in [0, 0.1) is 0 Å². The molecular formula is C20H23N3O2. The normalized spacial score (nSPS) is 13.2. The number of H-pyrrole nitrogens is 1. The minimum absolute atomic E-state index is 0.437. The minimum Gasteiger partial charge on any atom is -0.481 e. The number of hydrogen-bond donors (Lipinski definition) is 3. The number of aromatic nitrogens is 1. The summed E-state index contributed by atoms with van der Waals surface area (Å²) in [7, 11) is 0. The first-order valence-electron chi connectivity index (χ1n) is 8.26. The fourth-order valence-electron chi connectivity index (χ4n) is 2.59. The summed E-state index contributed by atoms with van der Waals surface area (Å²) in [6.45, 7) is 4.16. The monoisotopic (exact) mass is 337 g/mol. The Morgan fingerprint density at radius 3 is 2.36 bits per heavy atom. The summed E-state index contributed by atoms with van der Waals surface area (Å²) in [5, 5.41) is 0. The molecule has 0 bridgehead atoms. The van der Waals surface area contributed by atoms with Gasteiger partial charge in [-0.1, -0.05) is 13.0 Å². The van der Waals surface area contributed by atoms with Gasteiger partial charge in [-0.3, -0.25) is 0 Å². The third kappa shape index (κ3) is 3.71. The molecule has 0 spiro atoms. The molecule has 0 saturated heterocycles. The number of nitrogens with one attached hydrogen (secondary N) is 1. The first kappa shape index (κ1) is 16.8. The number of hydrogen-bond acceptors (Lipinski definition) is 4. The van der Waals surface area contributed by atoms with Gasteiger partial charge in [0.05, 0.1) is 17.1 Å². The Bertz CT molecular complexity index is 846. The number of benzene rings is 2. The largest absolute Gasteiger partial charge is 0.481 e. The molecule has 0 fully saturated rings. The van der Waals surface area contributed by atoms with Crippen LogP contribution in [0.4, 0.5) is 11.4 Å². The molecule has 0 aliphatic rings. The summed E-state index contributed by atoms with van der Waals surface area (Å²) in [5.41, 5.74) is 13.2. The molecular weight excluding hydrogens is 314 g/mol. The molecule has 1 aromatic heterocycles. The van der Waals surface area contributed by atoms with Crippen molar-refractivity contribution in [2.75, 3.05) is 11.5 Å². The van der Waals surface area contributed by atoms with Crippen molar-refractivity contribution in [2.45, 2.75) is 25.9 Å². The molecule has 1 heterocycles. The van der Waals surface area contributed by atoms with Crippen LogP contribution in [0.3, 0.4) is 0 Å². The molecule has 130 valence electrons. The Balaban J connectivity index is 1.80. The van der Waals surface area contributed by atoms with Crippen LogP contribution < -0.4 is 20.9 Å². The molecule has 2 aromatic carbocycles. The van der Waals surface area contributed by atoms with Crippen LogP contribution in [0.15, 0.2) is 60.8 Å². The van der Waals surface area contributed by atoms with E-state index in [1.807, 2.05) is 42.6 Å². The van der Waals surface area contributed by atoms with Crippen molar-refractivity contribution < 1.29 is 9.47 Å². The van der Waals surface area contributed by atoms with Crippen LogP contribution in [0.25, 0.3) is 0 Å². The highest BCUT2D eigenvalue weighted by atomic mass is 16.5. The van der Waals surface area contributed by atoms with Crippen molar-refractivity contribution in [1.82, 2.24) is 4.98 Å². The maximum absolute atomic E-state index is 6.26. The van der Waals surface area contributed by atoms with E-state index in [0.29, 0.717) is 22.9 Å². The van der Waals surface area contributed by atoms with Crippen molar-refractivity contribution in [3.63, 3.8) is 0 Å². The zero-order chi connectivity index (χ0) is 17.9. The van der Waals surface area contributed by atoms with Crippen molar-refractivity contribution in [3.8, 4) is 17.2 Å². The fraction of sp³-hybridized carbons (Fsp3) is 0.200. The first-order chi connectivity index (χ1) is 12.0. The number of aromatic amines is 1. The van der Waals surface area contributed by atoms with E-state index in [4.69, 9.17) is 20.9 Å². The molecule has 1 atom stereocenters. The smallest absolute Gasteiger partial charge is 0.145 e. The van der Waals surface area contributed by atoms with Gasteiger partial charge in [-0.15, -0.1) is 0 Å². The van der Waals surface area contributed by atoms with Gasteiger partial charge in [0, 0.05) is 18.3 Å². The molecule has 0 aliphatic carbocycles. The average Bonchev–Trinajstić information content (AvgIpc) is 3.14. The van der Waals surface area contributed by atoms with E-state index in [2.05, 4.69) is 18.8 Å². The summed E-state index contributed by atoms with van der Waals surface area (Å²) in [6, 6.07) is 16.8. The third-order valence-electron chi connectivity index (χ3n) is 4.28. The molecule has 0 radical (unpaired) electrons. The second-order valence-corrected chi connectivity index (χ2v) is 6.14. The second kappa shape index (κ2) is 6.81. The number of ether oxygens (including phenoxy) is 2. The lowest BCUT2D eigenvalue weighted by atomic mass is 9.99. The van der Waals surface area contributed by atoms with Gasteiger partial charge in [-0.2, -0.15) is 0 Å². The van der Waals surface area contributed by atoms with Gasteiger partial charge < -0.3 is 25.9 Å². The zero-order valence-electron chi connectivity index (χ0n) is 14.5. The van der Waals surface area contributed by atoms with Gasteiger partial charge in [0.15, 0.2) is 0 Å². The summed E-state index contributed by atoms with van der Waals surface area (Å²) in [4.78, 5) is 3.23. The van der Waals surface area contributed by atoms with Gasteiger partial charge in [-0.25, -0.2) is 0 Å². The van der Waals surface area contributed by atoms with Crippen LogP contribution in [-0.2, 0) is 5.60 Å². The van der Waals surface area contributed by atoms with Gasteiger partial charge in [0.1, 0.15) is 22.8 Å². The minimum atomic E-state index is -0.437. The average molecular weight is 337 g/mol. The Labute approximate surface area is 147 Å². The maximum atomic E-state index is 6.26. The molecule has 1 unspecified atom stereocenters. The fourth-order valence-corrected chi connectivity index (χ4v) is 2.59. The Morgan fingerprint density at radius 1 is 0.920 bits per heavy atom. The van der Waals surface area contributed by atoms with Crippen LogP contribution in [0.2, 0.25) is 0 Å². The highest BCUT2D eigenvalue weighted by molar-refractivity contribution is 5.65. The van der Waals surface area contributed by atoms with Crippen LogP contribution in [-0.4, -0.2) is 4.98 Å². The third-order valence-corrected chi connectivity index (χ3v) is 4.28. The van der Waals surface area contributed by atoms with E-state index in [1.165, 1.54) is 0 Å². The number of rotatable bonds is 6. The number of nitrogens with two attached hydrogens (primary N) is 2. The quantitative estimate of drug-likeness (QED) is 0.570. The van der Waals surface area contributed by atoms with Crippen molar-refractivity contribution in [3.05, 3.63) is 66.5 Å². The van der Waals surface area contributed by atoms with Gasteiger partial charge >= 0.3 is 0 Å².